The fourth-order valence-electron chi connectivity index (χ4n) is 3.75. The Hall–Kier alpha value is -2.50. The molecule has 0 fully saturated rings. The van der Waals surface area contributed by atoms with E-state index < -0.39 is 5.60 Å². The van der Waals surface area contributed by atoms with Crippen LogP contribution in [0.5, 0.6) is 11.5 Å². The van der Waals surface area contributed by atoms with Crippen molar-refractivity contribution in [3.05, 3.63) is 39.7 Å². The summed E-state index contributed by atoms with van der Waals surface area (Å²) in [5.41, 5.74) is 4.69. The number of fused-ring (bicyclic) bond motifs is 1. The first kappa shape index (κ1) is 19.3. The smallest absolute Gasteiger partial charge is 0.264 e. The van der Waals surface area contributed by atoms with Gasteiger partial charge in [0.15, 0.2) is 5.60 Å². The summed E-state index contributed by atoms with van der Waals surface area (Å²) in [5.74, 6) is 0.938. The second kappa shape index (κ2) is 6.91. The van der Waals surface area contributed by atoms with Crippen molar-refractivity contribution in [1.82, 2.24) is 15.1 Å². The topological polar surface area (TPSA) is 76.4 Å². The van der Waals surface area contributed by atoms with E-state index in [1.54, 1.807) is 6.20 Å². The number of aromatic nitrogens is 2. The van der Waals surface area contributed by atoms with Crippen LogP contribution in [0.15, 0.2) is 6.20 Å². The summed E-state index contributed by atoms with van der Waals surface area (Å²) < 4.78 is 8.14. The molecule has 0 aliphatic carbocycles. The molecule has 0 bridgehead atoms. The second-order valence-electron chi connectivity index (χ2n) is 7.62. The molecule has 1 aliphatic rings. The predicted molar refractivity (Wildman–Crippen MR) is 104 cm³/mol. The van der Waals surface area contributed by atoms with E-state index in [4.69, 9.17) is 4.74 Å². The number of aryl methyl sites for hydroxylation is 1. The molecular weight excluding hydrogens is 342 g/mol. The molecule has 0 unspecified atom stereocenters. The van der Waals surface area contributed by atoms with Gasteiger partial charge in [-0.3, -0.25) is 9.48 Å². The molecule has 0 saturated carbocycles. The molecule has 1 aromatic heterocycles. The molecule has 6 heteroatoms. The van der Waals surface area contributed by atoms with Crippen LogP contribution >= 0.6 is 0 Å². The number of carbonyl (C=O) groups excluding carboxylic acids is 1. The van der Waals surface area contributed by atoms with E-state index in [2.05, 4.69) is 10.4 Å². The lowest BCUT2D eigenvalue weighted by Gasteiger charge is -2.36. The highest BCUT2D eigenvalue weighted by atomic mass is 16.5. The maximum absolute atomic E-state index is 12.9. The summed E-state index contributed by atoms with van der Waals surface area (Å²) >= 11 is 0. The van der Waals surface area contributed by atoms with Gasteiger partial charge >= 0.3 is 0 Å². The summed E-state index contributed by atoms with van der Waals surface area (Å²) in [5, 5.41) is 17.6. The van der Waals surface area contributed by atoms with Crippen LogP contribution in [0.4, 0.5) is 0 Å². The second-order valence-corrected chi connectivity index (χ2v) is 7.62. The largest absolute Gasteiger partial charge is 0.507 e. The SMILES string of the molecule is CCn1ncc(CNC(=O)[C@]2(C)CCc3c(C)c(O)c(C)c(C)c3O2)c1C. The van der Waals surface area contributed by atoms with E-state index in [9.17, 15) is 9.90 Å². The average Bonchev–Trinajstić information content (AvgIpc) is 3.02. The number of phenolic OH excluding ortho intramolecular Hbond substituents is 1. The summed E-state index contributed by atoms with van der Waals surface area (Å²) in [4.78, 5) is 12.9. The van der Waals surface area contributed by atoms with Crippen molar-refractivity contribution >= 4 is 5.91 Å². The van der Waals surface area contributed by atoms with E-state index in [-0.39, 0.29) is 5.91 Å². The van der Waals surface area contributed by atoms with Crippen LogP contribution in [-0.4, -0.2) is 26.4 Å². The lowest BCUT2D eigenvalue weighted by atomic mass is 9.86. The van der Waals surface area contributed by atoms with Crippen LogP contribution in [0.3, 0.4) is 0 Å². The van der Waals surface area contributed by atoms with Crippen LogP contribution in [0, 0.1) is 27.7 Å². The molecule has 1 aromatic carbocycles. The first-order valence-electron chi connectivity index (χ1n) is 9.49. The molecule has 1 amide bonds. The zero-order valence-corrected chi connectivity index (χ0v) is 17.1. The van der Waals surface area contributed by atoms with Crippen molar-refractivity contribution in [1.29, 1.82) is 0 Å². The normalized spacial score (nSPS) is 18.7. The van der Waals surface area contributed by atoms with Gasteiger partial charge in [-0.2, -0.15) is 5.10 Å². The molecule has 0 radical (unpaired) electrons. The summed E-state index contributed by atoms with van der Waals surface area (Å²) in [6, 6.07) is 0. The molecule has 3 rings (SSSR count). The molecule has 27 heavy (non-hydrogen) atoms. The molecular formula is C21H29N3O3. The molecule has 0 saturated heterocycles. The standard InChI is InChI=1S/C21H29N3O3/c1-7-24-15(5)16(11-23-24)10-22-20(26)21(6)9-8-17-14(4)18(25)12(2)13(3)19(17)27-21/h11,25H,7-10H2,1-6H3,(H,22,26)/t21-/m0/s1. The first-order valence-corrected chi connectivity index (χ1v) is 9.49. The Kier molecular flexibility index (Phi) is 4.93. The van der Waals surface area contributed by atoms with Gasteiger partial charge in [-0.05, 0) is 64.7 Å². The summed E-state index contributed by atoms with van der Waals surface area (Å²) in [7, 11) is 0. The van der Waals surface area contributed by atoms with Crippen molar-refractivity contribution in [2.75, 3.05) is 0 Å². The average molecular weight is 371 g/mol. The number of hydrogen-bond acceptors (Lipinski definition) is 4. The summed E-state index contributed by atoms with van der Waals surface area (Å²) in [6.07, 6.45) is 3.08. The monoisotopic (exact) mass is 371 g/mol. The number of nitrogens with zero attached hydrogens (tertiary/aromatic N) is 2. The number of phenols is 1. The molecule has 2 aromatic rings. The number of ether oxygens (including phenoxy) is 1. The number of carbonyl (C=O) groups is 1. The van der Waals surface area contributed by atoms with Crippen molar-refractivity contribution in [2.24, 2.45) is 0 Å². The van der Waals surface area contributed by atoms with Crippen LogP contribution in [0.1, 0.15) is 53.8 Å². The minimum Gasteiger partial charge on any atom is -0.507 e. The summed E-state index contributed by atoms with van der Waals surface area (Å²) in [6.45, 7) is 12.8. The van der Waals surface area contributed by atoms with E-state index in [0.717, 1.165) is 45.8 Å². The number of nitrogens with one attached hydrogen (secondary N) is 1. The number of aromatic hydroxyl groups is 1. The van der Waals surface area contributed by atoms with Gasteiger partial charge in [0.05, 0.1) is 6.20 Å². The van der Waals surface area contributed by atoms with E-state index in [1.165, 1.54) is 0 Å². The van der Waals surface area contributed by atoms with E-state index >= 15 is 0 Å². The van der Waals surface area contributed by atoms with Gasteiger partial charge < -0.3 is 15.2 Å². The fourth-order valence-corrected chi connectivity index (χ4v) is 3.75. The van der Waals surface area contributed by atoms with Gasteiger partial charge in [0, 0.05) is 36.3 Å². The Balaban J connectivity index is 1.80. The van der Waals surface area contributed by atoms with Gasteiger partial charge in [0.25, 0.3) is 5.91 Å². The van der Waals surface area contributed by atoms with Gasteiger partial charge in [0.2, 0.25) is 0 Å². The number of benzene rings is 1. The Labute approximate surface area is 160 Å². The highest BCUT2D eigenvalue weighted by Crippen LogP contribution is 2.43. The minimum absolute atomic E-state index is 0.125. The lowest BCUT2D eigenvalue weighted by molar-refractivity contribution is -0.137. The quantitative estimate of drug-likeness (QED) is 0.865. The zero-order chi connectivity index (χ0) is 19.9. The van der Waals surface area contributed by atoms with E-state index in [0.29, 0.717) is 25.1 Å². The highest BCUT2D eigenvalue weighted by Gasteiger charge is 2.40. The number of hydrogen-bond donors (Lipinski definition) is 2. The molecule has 146 valence electrons. The van der Waals surface area contributed by atoms with Crippen LogP contribution in [0.25, 0.3) is 0 Å². The Bertz CT molecular complexity index is 901. The Morgan fingerprint density at radius 1 is 1.30 bits per heavy atom. The predicted octanol–water partition coefficient (Wildman–Crippen LogP) is 3.24. The van der Waals surface area contributed by atoms with Crippen LogP contribution in [-0.2, 0) is 24.3 Å². The molecule has 2 heterocycles. The highest BCUT2D eigenvalue weighted by molar-refractivity contribution is 5.85. The van der Waals surface area contributed by atoms with Crippen molar-refractivity contribution in [2.45, 2.75) is 73.1 Å². The van der Waals surface area contributed by atoms with Gasteiger partial charge in [-0.1, -0.05) is 0 Å². The van der Waals surface area contributed by atoms with Gasteiger partial charge in [-0.25, -0.2) is 0 Å². The maximum atomic E-state index is 12.9. The lowest BCUT2D eigenvalue weighted by Crippen LogP contribution is -2.50. The minimum atomic E-state index is -0.928. The third-order valence-corrected chi connectivity index (χ3v) is 5.94. The van der Waals surface area contributed by atoms with Crippen molar-refractivity contribution in [3.63, 3.8) is 0 Å². The number of amides is 1. The third kappa shape index (κ3) is 3.17. The fraction of sp³-hybridized carbons (Fsp3) is 0.524. The third-order valence-electron chi connectivity index (χ3n) is 5.94. The molecule has 1 aliphatic heterocycles. The Morgan fingerprint density at radius 3 is 2.63 bits per heavy atom. The maximum Gasteiger partial charge on any atom is 0.264 e. The van der Waals surface area contributed by atoms with Gasteiger partial charge in [-0.15, -0.1) is 0 Å². The van der Waals surface area contributed by atoms with Crippen molar-refractivity contribution < 1.29 is 14.6 Å². The molecule has 6 nitrogen and oxygen atoms in total. The number of rotatable bonds is 4. The molecule has 2 N–H and O–H groups in total. The molecule has 1 atom stereocenters. The van der Waals surface area contributed by atoms with Gasteiger partial charge in [0.1, 0.15) is 11.5 Å². The van der Waals surface area contributed by atoms with E-state index in [1.807, 2.05) is 46.2 Å². The first-order chi connectivity index (χ1) is 12.7. The molecule has 0 spiro atoms. The Morgan fingerprint density at radius 2 is 2.00 bits per heavy atom. The zero-order valence-electron chi connectivity index (χ0n) is 17.1. The van der Waals surface area contributed by atoms with Crippen LogP contribution in [0.2, 0.25) is 0 Å². The van der Waals surface area contributed by atoms with Crippen molar-refractivity contribution in [3.8, 4) is 11.5 Å². The van der Waals surface area contributed by atoms with Crippen LogP contribution < -0.4 is 10.1 Å².